The fraction of sp³-hybridized carbons (Fsp3) is 0.773. The van der Waals surface area contributed by atoms with E-state index in [0.717, 1.165) is 30.9 Å². The van der Waals surface area contributed by atoms with E-state index >= 15 is 0 Å². The zero-order chi connectivity index (χ0) is 22.7. The molecule has 1 atom stereocenters. The topological polar surface area (TPSA) is 84.7 Å². The summed E-state index contributed by atoms with van der Waals surface area (Å²) in [6.45, 7) is 16.9. The largest absolute Gasteiger partial charge is 0.444 e. The number of carbonyl (C=O) groups excluding carboxylic acids is 2. The maximum absolute atomic E-state index is 12.8. The summed E-state index contributed by atoms with van der Waals surface area (Å²) in [4.78, 5) is 26.9. The van der Waals surface area contributed by atoms with Crippen molar-refractivity contribution >= 4 is 29.6 Å². The first kappa shape index (κ1) is 24.6. The lowest BCUT2D eigenvalue weighted by atomic mass is 9.93. The van der Waals surface area contributed by atoms with Crippen LogP contribution in [0.25, 0.3) is 0 Å². The Kier molecular flexibility index (Phi) is 7.54. The normalized spacial score (nSPS) is 18.3. The Hall–Kier alpha value is -1.70. The van der Waals surface area contributed by atoms with Crippen molar-refractivity contribution in [2.24, 2.45) is 5.92 Å². The van der Waals surface area contributed by atoms with Crippen molar-refractivity contribution in [1.82, 2.24) is 10.1 Å². The highest BCUT2D eigenvalue weighted by Gasteiger charge is 2.33. The predicted molar refractivity (Wildman–Crippen MR) is 121 cm³/mol. The molecule has 1 saturated heterocycles. The second-order valence-electron chi connectivity index (χ2n) is 10.5. The van der Waals surface area contributed by atoms with E-state index in [0.29, 0.717) is 18.3 Å². The SMILES string of the molecule is CC(C)(C)OC(=O)N1CCCC(CSC(C)(C)C(=O)Nc2cc(C(C)(C)C)on2)C1. The van der Waals surface area contributed by atoms with E-state index < -0.39 is 10.3 Å². The molecule has 2 heterocycles. The summed E-state index contributed by atoms with van der Waals surface area (Å²) < 4.78 is 10.2. The van der Waals surface area contributed by atoms with Crippen LogP contribution in [0, 0.1) is 5.92 Å². The number of ether oxygens (including phenoxy) is 1. The lowest BCUT2D eigenvalue weighted by molar-refractivity contribution is -0.117. The van der Waals surface area contributed by atoms with Crippen molar-refractivity contribution in [3.05, 3.63) is 11.8 Å². The molecule has 0 aromatic carbocycles. The fourth-order valence-electron chi connectivity index (χ4n) is 3.04. The van der Waals surface area contributed by atoms with Crippen LogP contribution < -0.4 is 5.32 Å². The van der Waals surface area contributed by atoms with Gasteiger partial charge in [-0.3, -0.25) is 4.79 Å². The van der Waals surface area contributed by atoms with Crippen molar-refractivity contribution in [2.45, 2.75) is 84.0 Å². The van der Waals surface area contributed by atoms with Crippen LogP contribution in [0.5, 0.6) is 0 Å². The maximum atomic E-state index is 12.8. The first-order chi connectivity index (χ1) is 13.7. The quantitative estimate of drug-likeness (QED) is 0.689. The summed E-state index contributed by atoms with van der Waals surface area (Å²) in [5, 5.41) is 6.84. The molecule has 30 heavy (non-hydrogen) atoms. The number of aromatic nitrogens is 1. The van der Waals surface area contributed by atoms with Crippen LogP contribution in [0.1, 0.15) is 74.0 Å². The molecular weight excluding hydrogens is 402 g/mol. The number of thioether (sulfide) groups is 1. The summed E-state index contributed by atoms with van der Waals surface area (Å²) in [7, 11) is 0. The van der Waals surface area contributed by atoms with Gasteiger partial charge in [0.25, 0.3) is 0 Å². The number of rotatable bonds is 5. The minimum atomic E-state index is -0.630. The van der Waals surface area contributed by atoms with Crippen molar-refractivity contribution < 1.29 is 18.8 Å². The van der Waals surface area contributed by atoms with Crippen LogP contribution in [0.3, 0.4) is 0 Å². The molecule has 170 valence electrons. The zero-order valence-corrected chi connectivity index (χ0v) is 20.4. The Morgan fingerprint density at radius 1 is 1.23 bits per heavy atom. The highest BCUT2D eigenvalue weighted by Crippen LogP contribution is 2.32. The van der Waals surface area contributed by atoms with Gasteiger partial charge in [0, 0.05) is 24.6 Å². The molecule has 0 bridgehead atoms. The third-order valence-corrected chi connectivity index (χ3v) is 6.43. The summed E-state index contributed by atoms with van der Waals surface area (Å²) in [5.41, 5.74) is -0.659. The molecule has 1 unspecified atom stereocenters. The molecule has 1 aromatic rings. The van der Waals surface area contributed by atoms with E-state index in [1.54, 1.807) is 22.7 Å². The molecule has 1 aromatic heterocycles. The molecule has 1 N–H and O–H groups in total. The second-order valence-corrected chi connectivity index (χ2v) is 12.2. The molecule has 0 aliphatic carbocycles. The second kappa shape index (κ2) is 9.20. The van der Waals surface area contributed by atoms with Gasteiger partial charge in [-0.1, -0.05) is 25.9 Å². The molecule has 0 radical (unpaired) electrons. The van der Waals surface area contributed by atoms with E-state index in [-0.39, 0.29) is 17.4 Å². The summed E-state index contributed by atoms with van der Waals surface area (Å²) in [6, 6.07) is 1.78. The summed E-state index contributed by atoms with van der Waals surface area (Å²) in [6.07, 6.45) is 1.74. The van der Waals surface area contributed by atoms with E-state index in [9.17, 15) is 9.59 Å². The van der Waals surface area contributed by atoms with Gasteiger partial charge in [-0.05, 0) is 59.1 Å². The monoisotopic (exact) mass is 439 g/mol. The first-order valence-electron chi connectivity index (χ1n) is 10.6. The number of hydrogen-bond donors (Lipinski definition) is 1. The third-order valence-electron chi connectivity index (χ3n) is 4.89. The maximum Gasteiger partial charge on any atom is 0.410 e. The van der Waals surface area contributed by atoms with Gasteiger partial charge in [-0.2, -0.15) is 0 Å². The highest BCUT2D eigenvalue weighted by molar-refractivity contribution is 8.01. The van der Waals surface area contributed by atoms with Crippen LogP contribution in [-0.2, 0) is 14.9 Å². The van der Waals surface area contributed by atoms with Crippen LogP contribution in [0.15, 0.2) is 10.6 Å². The van der Waals surface area contributed by atoms with Crippen molar-refractivity contribution in [3.8, 4) is 0 Å². The summed E-state index contributed by atoms with van der Waals surface area (Å²) >= 11 is 1.60. The predicted octanol–water partition coefficient (Wildman–Crippen LogP) is 5.07. The number of nitrogens with one attached hydrogen (secondary N) is 1. The van der Waals surface area contributed by atoms with E-state index in [2.05, 4.69) is 10.5 Å². The van der Waals surface area contributed by atoms with E-state index in [4.69, 9.17) is 9.26 Å². The number of carbonyl (C=O) groups is 2. The van der Waals surface area contributed by atoms with Gasteiger partial charge in [0.05, 0.1) is 4.75 Å². The van der Waals surface area contributed by atoms with Crippen LogP contribution in [0.4, 0.5) is 10.6 Å². The Morgan fingerprint density at radius 2 is 1.90 bits per heavy atom. The van der Waals surface area contributed by atoms with Gasteiger partial charge in [0.15, 0.2) is 5.82 Å². The number of anilines is 1. The molecule has 0 saturated carbocycles. The number of amides is 2. The number of nitrogens with zero attached hydrogens (tertiary/aromatic N) is 2. The van der Waals surface area contributed by atoms with E-state index in [1.165, 1.54) is 0 Å². The van der Waals surface area contributed by atoms with Crippen LogP contribution >= 0.6 is 11.8 Å². The Balaban J connectivity index is 1.88. The number of likely N-dealkylation sites (tertiary alicyclic amines) is 1. The molecule has 1 aliphatic heterocycles. The van der Waals surface area contributed by atoms with Crippen LogP contribution in [0.2, 0.25) is 0 Å². The van der Waals surface area contributed by atoms with Gasteiger partial charge in [-0.15, -0.1) is 11.8 Å². The van der Waals surface area contributed by atoms with Crippen molar-refractivity contribution in [3.63, 3.8) is 0 Å². The summed E-state index contributed by atoms with van der Waals surface area (Å²) in [5.74, 6) is 2.19. The lowest BCUT2D eigenvalue weighted by Crippen LogP contribution is -2.44. The Morgan fingerprint density at radius 3 is 2.47 bits per heavy atom. The Labute approximate surface area is 184 Å². The molecule has 7 nitrogen and oxygen atoms in total. The molecule has 1 fully saturated rings. The number of piperidine rings is 1. The third kappa shape index (κ3) is 7.22. The molecule has 0 spiro atoms. The van der Waals surface area contributed by atoms with Crippen molar-refractivity contribution in [1.29, 1.82) is 0 Å². The van der Waals surface area contributed by atoms with Gasteiger partial charge in [0.1, 0.15) is 11.4 Å². The minimum Gasteiger partial charge on any atom is -0.444 e. The van der Waals surface area contributed by atoms with E-state index in [1.807, 2.05) is 55.4 Å². The average molecular weight is 440 g/mol. The highest BCUT2D eigenvalue weighted by atomic mass is 32.2. The molecule has 8 heteroatoms. The standard InChI is InChI=1S/C22H37N3O4S/c1-20(2,3)16-12-17(24-29-16)23-18(26)22(7,8)30-14-15-10-9-11-25(13-15)19(27)28-21(4,5)6/h12,15H,9-11,13-14H2,1-8H3,(H,23,24,26). The van der Waals surface area contributed by atoms with Gasteiger partial charge in [-0.25, -0.2) is 4.79 Å². The smallest absolute Gasteiger partial charge is 0.410 e. The zero-order valence-electron chi connectivity index (χ0n) is 19.6. The minimum absolute atomic E-state index is 0.110. The van der Waals surface area contributed by atoms with Gasteiger partial charge < -0.3 is 19.5 Å². The van der Waals surface area contributed by atoms with Crippen LogP contribution in [-0.4, -0.2) is 51.2 Å². The Bertz CT molecular complexity index is 746. The number of hydrogen-bond acceptors (Lipinski definition) is 6. The van der Waals surface area contributed by atoms with Gasteiger partial charge >= 0.3 is 6.09 Å². The molecule has 2 amide bonds. The van der Waals surface area contributed by atoms with Crippen molar-refractivity contribution in [2.75, 3.05) is 24.2 Å². The molecule has 2 rings (SSSR count). The molecule has 1 aliphatic rings. The average Bonchev–Trinajstić information content (AvgIpc) is 3.08. The lowest BCUT2D eigenvalue weighted by Gasteiger charge is -2.35. The molecular formula is C22H37N3O4S. The fourth-order valence-corrected chi connectivity index (χ4v) is 4.15. The van der Waals surface area contributed by atoms with Gasteiger partial charge in [0.2, 0.25) is 5.91 Å². The first-order valence-corrected chi connectivity index (χ1v) is 11.6.